The molecule has 3 heterocycles. The zero-order valence-electron chi connectivity index (χ0n) is 16.0. The number of halogens is 1. The number of hydrogen-bond donors (Lipinski definition) is 0. The maximum atomic E-state index is 13.5. The molecule has 144 valence electrons. The Bertz CT molecular complexity index is 1700. The molecule has 0 aliphatic rings. The molecule has 0 saturated heterocycles. The maximum Gasteiger partial charge on any atom is 0.202 e. The number of hydrogen-bond acceptors (Lipinski definition) is 3. The first-order chi connectivity index (χ1) is 14.6. The quantitative estimate of drug-likeness (QED) is 0.316. The predicted octanol–water partition coefficient (Wildman–Crippen LogP) is 5.32. The Hall–Kier alpha value is -3.51. The number of rotatable bonds is 1. The van der Waals surface area contributed by atoms with Crippen LogP contribution in [0.2, 0.25) is 0 Å². The molecule has 0 atom stereocenters. The van der Waals surface area contributed by atoms with E-state index in [-0.39, 0.29) is 5.43 Å². The summed E-state index contributed by atoms with van der Waals surface area (Å²) in [6, 6.07) is 23.5. The van der Waals surface area contributed by atoms with Crippen LogP contribution in [0.25, 0.3) is 50.0 Å². The summed E-state index contributed by atoms with van der Waals surface area (Å²) in [6.45, 7) is 0. The van der Waals surface area contributed by atoms with Gasteiger partial charge in [0, 0.05) is 22.5 Å². The van der Waals surface area contributed by atoms with Gasteiger partial charge in [-0.25, -0.2) is 9.97 Å². The van der Waals surface area contributed by atoms with Gasteiger partial charge in [-0.15, -0.1) is 0 Å². The lowest BCUT2D eigenvalue weighted by atomic mass is 10.1. The van der Waals surface area contributed by atoms with Gasteiger partial charge in [0.25, 0.3) is 0 Å². The second-order valence-electron chi connectivity index (χ2n) is 7.31. The Balaban J connectivity index is 1.94. The normalized spacial score (nSPS) is 11.8. The van der Waals surface area contributed by atoms with Crippen molar-refractivity contribution in [3.63, 3.8) is 0 Å². The Morgan fingerprint density at radius 3 is 2.43 bits per heavy atom. The highest BCUT2D eigenvalue weighted by Gasteiger charge is 2.20. The van der Waals surface area contributed by atoms with Crippen molar-refractivity contribution in [3.8, 4) is 11.4 Å². The Labute approximate surface area is 179 Å². The first-order valence-corrected chi connectivity index (χ1v) is 10.4. The zero-order valence-corrected chi connectivity index (χ0v) is 17.6. The van der Waals surface area contributed by atoms with Gasteiger partial charge in [0.05, 0.1) is 16.6 Å². The molecule has 0 spiro atoms. The van der Waals surface area contributed by atoms with Crippen LogP contribution in [0, 0.1) is 0 Å². The van der Waals surface area contributed by atoms with Crippen molar-refractivity contribution in [1.29, 1.82) is 0 Å². The van der Waals surface area contributed by atoms with Crippen molar-refractivity contribution >= 4 is 54.5 Å². The van der Waals surface area contributed by atoms with Crippen LogP contribution >= 0.6 is 15.9 Å². The van der Waals surface area contributed by atoms with Crippen molar-refractivity contribution in [2.75, 3.05) is 0 Å². The molecular weight excluding hydrogens is 440 g/mol. The molecule has 0 saturated carbocycles. The number of nitrogens with zero attached hydrogens (tertiary/aromatic N) is 4. The largest absolute Gasteiger partial charge is 0.328 e. The fraction of sp³-hybridized carbons (Fsp3) is 0.0417. The van der Waals surface area contributed by atoms with Gasteiger partial charge in [0.15, 0.2) is 5.65 Å². The predicted molar refractivity (Wildman–Crippen MR) is 124 cm³/mol. The molecule has 3 aromatic carbocycles. The van der Waals surface area contributed by atoms with Crippen LogP contribution < -0.4 is 5.43 Å². The zero-order chi connectivity index (χ0) is 20.4. The monoisotopic (exact) mass is 454 g/mol. The average molecular weight is 455 g/mol. The molecule has 0 aliphatic heterocycles. The molecule has 5 nitrogen and oxygen atoms in total. The van der Waals surface area contributed by atoms with E-state index in [1.54, 1.807) is 0 Å². The molecule has 0 fully saturated rings. The fourth-order valence-corrected chi connectivity index (χ4v) is 4.59. The average Bonchev–Trinajstić information content (AvgIpc) is 3.16. The lowest BCUT2D eigenvalue weighted by molar-refractivity contribution is 0.967. The van der Waals surface area contributed by atoms with Gasteiger partial charge in [0.1, 0.15) is 16.9 Å². The van der Waals surface area contributed by atoms with Crippen LogP contribution in [-0.4, -0.2) is 18.9 Å². The topological polar surface area (TPSA) is 52.2 Å². The van der Waals surface area contributed by atoms with Gasteiger partial charge in [0.2, 0.25) is 5.43 Å². The summed E-state index contributed by atoms with van der Waals surface area (Å²) in [5.41, 5.74) is 4.75. The van der Waals surface area contributed by atoms with Crippen LogP contribution in [0.15, 0.2) is 82.1 Å². The molecule has 0 radical (unpaired) electrons. The summed E-state index contributed by atoms with van der Waals surface area (Å²) in [5, 5.41) is 1.20. The van der Waals surface area contributed by atoms with Crippen LogP contribution in [-0.2, 0) is 7.05 Å². The maximum absolute atomic E-state index is 13.5. The molecule has 0 aliphatic carbocycles. The van der Waals surface area contributed by atoms with E-state index in [2.05, 4.69) is 15.9 Å². The van der Waals surface area contributed by atoms with E-state index >= 15 is 0 Å². The molecule has 0 unspecified atom stereocenters. The Morgan fingerprint density at radius 1 is 0.833 bits per heavy atom. The second-order valence-corrected chi connectivity index (χ2v) is 8.22. The third kappa shape index (κ3) is 2.31. The lowest BCUT2D eigenvalue weighted by Gasteiger charge is -2.13. The molecule has 0 bridgehead atoms. The van der Waals surface area contributed by atoms with E-state index in [0.29, 0.717) is 22.1 Å². The van der Waals surface area contributed by atoms with Crippen LogP contribution in [0.3, 0.4) is 0 Å². The SMILES string of the molecule is Cn1c2ccccc2c(=O)c2c1nc(-c1cccc(Br)c1)n1c3ccccc3nc21. The van der Waals surface area contributed by atoms with E-state index in [1.165, 1.54) is 0 Å². The summed E-state index contributed by atoms with van der Waals surface area (Å²) in [6.07, 6.45) is 0. The third-order valence-corrected chi connectivity index (χ3v) is 6.06. The molecule has 30 heavy (non-hydrogen) atoms. The van der Waals surface area contributed by atoms with Gasteiger partial charge in [-0.2, -0.15) is 0 Å². The van der Waals surface area contributed by atoms with E-state index in [9.17, 15) is 4.79 Å². The van der Waals surface area contributed by atoms with E-state index < -0.39 is 0 Å². The summed E-state index contributed by atoms with van der Waals surface area (Å²) < 4.78 is 4.94. The minimum Gasteiger partial charge on any atom is -0.328 e. The highest BCUT2D eigenvalue weighted by molar-refractivity contribution is 9.10. The van der Waals surface area contributed by atoms with Crippen LogP contribution in [0.1, 0.15) is 0 Å². The van der Waals surface area contributed by atoms with Crippen molar-refractivity contribution < 1.29 is 0 Å². The summed E-state index contributed by atoms with van der Waals surface area (Å²) in [4.78, 5) is 23.4. The molecule has 6 heteroatoms. The first-order valence-electron chi connectivity index (χ1n) is 9.58. The standard InChI is InChI=1S/C24H15BrN4O/c1-28-18-11-4-2-9-16(18)21(30)20-23(28)27-22(14-7-6-8-15(25)13-14)29-19-12-5-3-10-17(19)26-24(20)29/h2-13H,1H3. The van der Waals surface area contributed by atoms with E-state index in [4.69, 9.17) is 9.97 Å². The number of para-hydroxylation sites is 3. The van der Waals surface area contributed by atoms with E-state index in [1.807, 2.05) is 88.8 Å². The molecular formula is C24H15BrN4O. The minimum atomic E-state index is -0.0488. The molecule has 6 rings (SSSR count). The van der Waals surface area contributed by atoms with Gasteiger partial charge >= 0.3 is 0 Å². The van der Waals surface area contributed by atoms with Crippen molar-refractivity contribution in [2.45, 2.75) is 0 Å². The van der Waals surface area contributed by atoms with Gasteiger partial charge in [-0.1, -0.05) is 52.3 Å². The number of pyridine rings is 1. The molecule has 3 aromatic heterocycles. The Morgan fingerprint density at radius 2 is 1.60 bits per heavy atom. The smallest absolute Gasteiger partial charge is 0.202 e. The van der Waals surface area contributed by atoms with Gasteiger partial charge < -0.3 is 4.57 Å². The molecule has 0 amide bonds. The number of benzene rings is 3. The van der Waals surface area contributed by atoms with Crippen molar-refractivity contribution in [2.24, 2.45) is 7.05 Å². The summed E-state index contributed by atoms with van der Waals surface area (Å²) >= 11 is 3.56. The number of aromatic nitrogens is 4. The number of fused-ring (bicyclic) bond motifs is 6. The second kappa shape index (κ2) is 6.24. The van der Waals surface area contributed by atoms with Crippen molar-refractivity contribution in [3.05, 3.63) is 87.5 Å². The lowest BCUT2D eigenvalue weighted by Crippen LogP contribution is -2.13. The minimum absolute atomic E-state index is 0.0488. The summed E-state index contributed by atoms with van der Waals surface area (Å²) in [5.74, 6) is 0.748. The third-order valence-electron chi connectivity index (χ3n) is 5.57. The van der Waals surface area contributed by atoms with Gasteiger partial charge in [-0.3, -0.25) is 9.20 Å². The van der Waals surface area contributed by atoms with Crippen molar-refractivity contribution in [1.82, 2.24) is 18.9 Å². The van der Waals surface area contributed by atoms with Crippen LogP contribution in [0.5, 0.6) is 0 Å². The highest BCUT2D eigenvalue weighted by atomic mass is 79.9. The molecule has 6 aromatic rings. The first kappa shape index (κ1) is 17.4. The Kier molecular flexibility index (Phi) is 3.61. The summed E-state index contributed by atoms with van der Waals surface area (Å²) in [7, 11) is 1.95. The van der Waals surface area contributed by atoms with Gasteiger partial charge in [-0.05, 0) is 36.4 Å². The molecule has 0 N–H and O–H groups in total. The fourth-order valence-electron chi connectivity index (χ4n) is 4.19. The van der Waals surface area contributed by atoms with Crippen LogP contribution in [0.4, 0.5) is 0 Å². The number of aryl methyl sites for hydroxylation is 1. The highest BCUT2D eigenvalue weighted by Crippen LogP contribution is 2.30. The number of imidazole rings is 1. The van der Waals surface area contributed by atoms with E-state index in [0.717, 1.165) is 32.4 Å².